The maximum Gasteiger partial charge on any atom is 0.110 e. The van der Waals surface area contributed by atoms with Crippen molar-refractivity contribution in [1.29, 1.82) is 0 Å². The highest BCUT2D eigenvalue weighted by Crippen LogP contribution is 1.97. The van der Waals surface area contributed by atoms with Crippen molar-refractivity contribution in [3.63, 3.8) is 0 Å². The predicted octanol–water partition coefficient (Wildman–Crippen LogP) is 1.12. The van der Waals surface area contributed by atoms with E-state index < -0.39 is 0 Å². The highest BCUT2D eigenvalue weighted by atomic mass is 15.2. The van der Waals surface area contributed by atoms with Gasteiger partial charge in [0.15, 0.2) is 0 Å². The number of nitrogens with zero attached hydrogens (tertiary/aromatic N) is 2. The summed E-state index contributed by atoms with van der Waals surface area (Å²) < 4.78 is 0. The second-order valence-corrected chi connectivity index (χ2v) is 3.65. The van der Waals surface area contributed by atoms with Gasteiger partial charge in [-0.3, -0.25) is 4.99 Å². The first-order valence-electron chi connectivity index (χ1n) is 5.25. The molecule has 0 radical (unpaired) electrons. The van der Waals surface area contributed by atoms with Crippen molar-refractivity contribution in [2.75, 3.05) is 13.2 Å². The summed E-state index contributed by atoms with van der Waals surface area (Å²) in [6.07, 6.45) is 4.71. The van der Waals surface area contributed by atoms with Gasteiger partial charge in [-0.05, 0) is 12.5 Å². The monoisotopic (exact) mass is 188 g/mol. The van der Waals surface area contributed by atoms with Gasteiger partial charge in [0.25, 0.3) is 0 Å². The normalized spacial score (nSPS) is 14.2. The van der Waals surface area contributed by atoms with Gasteiger partial charge in [-0.25, -0.2) is 0 Å². The van der Waals surface area contributed by atoms with Crippen LogP contribution in [-0.4, -0.2) is 18.1 Å². The van der Waals surface area contributed by atoms with Crippen LogP contribution >= 0.6 is 0 Å². The quantitative estimate of drug-likeness (QED) is 0.694. The molecular formula is C12H16N2. The Morgan fingerprint density at radius 2 is 2.21 bits per heavy atom. The van der Waals surface area contributed by atoms with Crippen molar-refractivity contribution < 1.29 is 0 Å². The molecule has 0 unspecified atom stereocenters. The fourth-order valence-electron chi connectivity index (χ4n) is 1.64. The smallest absolute Gasteiger partial charge is 0.110 e. The van der Waals surface area contributed by atoms with Crippen LogP contribution in [0.4, 0.5) is 0 Å². The minimum absolute atomic E-state index is 0.816. The van der Waals surface area contributed by atoms with Gasteiger partial charge < -0.3 is 4.90 Å². The van der Waals surface area contributed by atoms with Gasteiger partial charge in [-0.2, -0.15) is 0 Å². The molecule has 0 saturated carbocycles. The van der Waals surface area contributed by atoms with E-state index in [1.165, 1.54) is 18.1 Å². The molecule has 1 heterocycles. The molecule has 0 N–H and O–H groups in total. The lowest BCUT2D eigenvalue weighted by Gasteiger charge is -2.19. The minimum Gasteiger partial charge on any atom is -0.358 e. The van der Waals surface area contributed by atoms with Gasteiger partial charge in [-0.15, -0.1) is 0 Å². The SMILES string of the molecule is CCCCN1C=c2ccccc2=NC1. The van der Waals surface area contributed by atoms with Gasteiger partial charge in [0.2, 0.25) is 0 Å². The van der Waals surface area contributed by atoms with Gasteiger partial charge in [0.1, 0.15) is 6.67 Å². The lowest BCUT2D eigenvalue weighted by atomic mass is 10.2. The number of hydrogen-bond donors (Lipinski definition) is 0. The third-order valence-electron chi connectivity index (χ3n) is 2.48. The first-order chi connectivity index (χ1) is 6.90. The van der Waals surface area contributed by atoms with E-state index in [4.69, 9.17) is 0 Å². The molecule has 1 aliphatic heterocycles. The summed E-state index contributed by atoms with van der Waals surface area (Å²) in [4.78, 5) is 6.81. The topological polar surface area (TPSA) is 15.6 Å². The van der Waals surface area contributed by atoms with E-state index in [1.807, 2.05) is 6.07 Å². The molecular weight excluding hydrogens is 172 g/mol. The molecule has 14 heavy (non-hydrogen) atoms. The summed E-state index contributed by atoms with van der Waals surface area (Å²) in [5, 5.41) is 2.37. The Labute approximate surface area is 84.6 Å². The maximum absolute atomic E-state index is 4.52. The number of fused-ring (bicyclic) bond motifs is 1. The van der Waals surface area contributed by atoms with Crippen LogP contribution in [-0.2, 0) is 0 Å². The lowest BCUT2D eigenvalue weighted by Crippen LogP contribution is -2.35. The number of para-hydroxylation sites is 1. The molecule has 2 rings (SSSR count). The molecule has 74 valence electrons. The first kappa shape index (κ1) is 9.25. The van der Waals surface area contributed by atoms with E-state index in [1.54, 1.807) is 0 Å². The molecule has 1 aromatic carbocycles. The molecule has 0 aromatic heterocycles. The van der Waals surface area contributed by atoms with Crippen molar-refractivity contribution in [3.05, 3.63) is 34.8 Å². The molecule has 0 aliphatic carbocycles. The van der Waals surface area contributed by atoms with E-state index >= 15 is 0 Å². The van der Waals surface area contributed by atoms with Crippen LogP contribution in [0.1, 0.15) is 19.8 Å². The Bertz CT molecular complexity index is 409. The summed E-state index contributed by atoms with van der Waals surface area (Å²) >= 11 is 0. The van der Waals surface area contributed by atoms with Gasteiger partial charge in [-0.1, -0.05) is 31.5 Å². The maximum atomic E-state index is 4.52. The molecule has 1 aromatic rings. The summed E-state index contributed by atoms with van der Waals surface area (Å²) in [6, 6.07) is 8.30. The fourth-order valence-corrected chi connectivity index (χ4v) is 1.64. The molecule has 0 spiro atoms. The summed E-state index contributed by atoms with van der Waals surface area (Å²) in [6.45, 7) is 4.15. The van der Waals surface area contributed by atoms with Gasteiger partial charge >= 0.3 is 0 Å². The third kappa shape index (κ3) is 1.95. The van der Waals surface area contributed by atoms with Crippen LogP contribution in [0.3, 0.4) is 0 Å². The van der Waals surface area contributed by atoms with Crippen LogP contribution in [0.2, 0.25) is 0 Å². The van der Waals surface area contributed by atoms with Crippen LogP contribution in [0.25, 0.3) is 6.20 Å². The van der Waals surface area contributed by atoms with Crippen molar-refractivity contribution in [1.82, 2.24) is 4.90 Å². The zero-order chi connectivity index (χ0) is 9.80. The molecule has 2 nitrogen and oxygen atoms in total. The Balaban J connectivity index is 2.21. The predicted molar refractivity (Wildman–Crippen MR) is 58.2 cm³/mol. The first-order valence-corrected chi connectivity index (χ1v) is 5.25. The zero-order valence-electron chi connectivity index (χ0n) is 8.61. The van der Waals surface area contributed by atoms with E-state index in [0.29, 0.717) is 0 Å². The molecule has 0 saturated heterocycles. The van der Waals surface area contributed by atoms with Crippen molar-refractivity contribution in [2.45, 2.75) is 19.8 Å². The Hall–Kier alpha value is -1.31. The molecule has 0 bridgehead atoms. The summed E-state index contributed by atoms with van der Waals surface area (Å²) in [7, 11) is 0. The van der Waals surface area contributed by atoms with Crippen LogP contribution < -0.4 is 10.6 Å². The second-order valence-electron chi connectivity index (χ2n) is 3.65. The van der Waals surface area contributed by atoms with Crippen LogP contribution in [0.15, 0.2) is 29.3 Å². The largest absolute Gasteiger partial charge is 0.358 e. The molecule has 0 atom stereocenters. The molecule has 0 fully saturated rings. The van der Waals surface area contributed by atoms with Crippen molar-refractivity contribution >= 4 is 6.20 Å². The fraction of sp³-hybridized carbons (Fsp3) is 0.417. The molecule has 2 heteroatoms. The number of benzene rings is 1. The highest BCUT2D eigenvalue weighted by molar-refractivity contribution is 5.23. The van der Waals surface area contributed by atoms with Gasteiger partial charge in [0, 0.05) is 18.0 Å². The third-order valence-corrected chi connectivity index (χ3v) is 2.48. The summed E-state index contributed by atoms with van der Waals surface area (Å²) in [5.41, 5.74) is 0. The standard InChI is InChI=1S/C12H16N2/c1-2-3-8-14-9-11-6-4-5-7-12(11)13-10-14/h4-7,9H,2-3,8,10H2,1H3. The van der Waals surface area contributed by atoms with E-state index in [2.05, 4.69) is 41.2 Å². The number of unbranched alkanes of at least 4 members (excludes halogenated alkanes) is 1. The Morgan fingerprint density at radius 1 is 1.36 bits per heavy atom. The number of hydrogen-bond acceptors (Lipinski definition) is 2. The second kappa shape index (κ2) is 4.27. The minimum atomic E-state index is 0.816. The van der Waals surface area contributed by atoms with Crippen LogP contribution in [0, 0.1) is 0 Å². The van der Waals surface area contributed by atoms with E-state index in [0.717, 1.165) is 18.6 Å². The Kier molecular flexibility index (Phi) is 2.82. The lowest BCUT2D eigenvalue weighted by molar-refractivity contribution is 0.403. The summed E-state index contributed by atoms with van der Waals surface area (Å²) in [5.74, 6) is 0. The number of rotatable bonds is 3. The Morgan fingerprint density at radius 3 is 3.07 bits per heavy atom. The zero-order valence-corrected chi connectivity index (χ0v) is 8.61. The van der Waals surface area contributed by atoms with Gasteiger partial charge in [0.05, 0.1) is 5.36 Å². The van der Waals surface area contributed by atoms with E-state index in [9.17, 15) is 0 Å². The average Bonchev–Trinajstić information content (AvgIpc) is 2.26. The average molecular weight is 188 g/mol. The molecule has 0 amide bonds. The highest BCUT2D eigenvalue weighted by Gasteiger charge is 2.01. The van der Waals surface area contributed by atoms with Crippen molar-refractivity contribution in [3.8, 4) is 0 Å². The molecule has 1 aliphatic rings. The van der Waals surface area contributed by atoms with Crippen LogP contribution in [0.5, 0.6) is 0 Å². The van der Waals surface area contributed by atoms with E-state index in [-0.39, 0.29) is 0 Å². The van der Waals surface area contributed by atoms with Crippen molar-refractivity contribution in [2.24, 2.45) is 4.99 Å².